The molecule has 0 fully saturated rings. The van der Waals surface area contributed by atoms with Gasteiger partial charge in [0.05, 0.1) is 27.9 Å². The van der Waals surface area contributed by atoms with Crippen molar-refractivity contribution in [1.29, 1.82) is 0 Å². The van der Waals surface area contributed by atoms with Gasteiger partial charge in [0, 0.05) is 11.6 Å². The van der Waals surface area contributed by atoms with Crippen LogP contribution < -0.4 is 0 Å². The maximum absolute atomic E-state index is 4.81. The van der Waals surface area contributed by atoms with E-state index in [1.165, 1.54) is 0 Å². The van der Waals surface area contributed by atoms with Gasteiger partial charge in [-0.1, -0.05) is 46.8 Å². The molecule has 0 radical (unpaired) electrons. The van der Waals surface area contributed by atoms with Gasteiger partial charge in [0.25, 0.3) is 0 Å². The maximum atomic E-state index is 4.81. The number of hydrogen-bond donors (Lipinski definition) is 0. The number of hydrogen-bond acceptors (Lipinski definition) is 5. The Kier molecular flexibility index (Phi) is 3.04. The van der Waals surface area contributed by atoms with E-state index < -0.39 is 0 Å². The van der Waals surface area contributed by atoms with Crippen molar-refractivity contribution in [3.8, 4) is 22.8 Å². The van der Waals surface area contributed by atoms with E-state index in [1.54, 1.807) is 4.52 Å². The third-order valence-electron chi connectivity index (χ3n) is 4.85. The van der Waals surface area contributed by atoms with Crippen molar-refractivity contribution in [2.24, 2.45) is 0 Å². The highest BCUT2D eigenvalue weighted by Gasteiger charge is 2.15. The first kappa shape index (κ1) is 15.0. The van der Waals surface area contributed by atoms with Crippen molar-refractivity contribution in [2.75, 3.05) is 0 Å². The largest absolute Gasteiger partial charge is 0.244 e. The molecule has 0 spiro atoms. The van der Waals surface area contributed by atoms with Crippen LogP contribution in [0, 0.1) is 0 Å². The Morgan fingerprint density at radius 3 is 2.25 bits per heavy atom. The zero-order valence-electron chi connectivity index (χ0n) is 14.6. The Labute approximate surface area is 158 Å². The lowest BCUT2D eigenvalue weighted by atomic mass is 10.1. The summed E-state index contributed by atoms with van der Waals surface area (Å²) in [5.74, 6) is 0. The molecule has 5 aromatic heterocycles. The lowest BCUT2D eigenvalue weighted by Gasteiger charge is -2.03. The summed E-state index contributed by atoms with van der Waals surface area (Å²) in [7, 11) is 0. The van der Waals surface area contributed by atoms with E-state index in [9.17, 15) is 0 Å². The molecule has 0 unspecified atom stereocenters. The van der Waals surface area contributed by atoms with E-state index >= 15 is 0 Å². The molecule has 6 rings (SSSR count). The summed E-state index contributed by atoms with van der Waals surface area (Å²) in [5.41, 5.74) is 5.82. The van der Waals surface area contributed by atoms with Crippen molar-refractivity contribution in [2.45, 2.75) is 0 Å². The van der Waals surface area contributed by atoms with Crippen LogP contribution in [-0.4, -0.2) is 34.6 Å². The summed E-state index contributed by atoms with van der Waals surface area (Å²) in [6.07, 6.45) is 1.87. The predicted octanol–water partition coefficient (Wildman–Crippen LogP) is 3.65. The Bertz CT molecular complexity index is 1480. The standard InChI is InChI=1S/C21H13N7/c1-2-9-17-14(6-1)11-12-19-21(24-26-28(17)19)16-8-5-7-15(22-16)20-18-10-3-4-13-27(18)25-23-20/h1-13H. The molecule has 7 nitrogen and oxygen atoms in total. The highest BCUT2D eigenvalue weighted by molar-refractivity contribution is 5.86. The van der Waals surface area contributed by atoms with Gasteiger partial charge in [-0.25, -0.2) is 14.0 Å². The third-order valence-corrected chi connectivity index (χ3v) is 4.85. The number of para-hydroxylation sites is 1. The van der Waals surface area contributed by atoms with Crippen molar-refractivity contribution in [1.82, 2.24) is 34.6 Å². The minimum absolute atomic E-state index is 0.740. The number of nitrogens with zero attached hydrogens (tertiary/aromatic N) is 7. The molecule has 132 valence electrons. The Morgan fingerprint density at radius 1 is 0.571 bits per heavy atom. The first-order valence-corrected chi connectivity index (χ1v) is 8.89. The second-order valence-corrected chi connectivity index (χ2v) is 6.50. The Balaban J connectivity index is 1.54. The van der Waals surface area contributed by atoms with Crippen molar-refractivity contribution >= 4 is 21.9 Å². The molecule has 0 aliphatic rings. The lowest BCUT2D eigenvalue weighted by Crippen LogP contribution is -1.91. The van der Waals surface area contributed by atoms with E-state index in [-0.39, 0.29) is 0 Å². The average molecular weight is 363 g/mol. The van der Waals surface area contributed by atoms with Crippen molar-refractivity contribution in [3.05, 3.63) is 79.0 Å². The van der Waals surface area contributed by atoms with Crippen LogP contribution >= 0.6 is 0 Å². The summed E-state index contributed by atoms with van der Waals surface area (Å²) in [6, 6.07) is 23.9. The van der Waals surface area contributed by atoms with Gasteiger partial charge in [0.15, 0.2) is 0 Å². The molecule has 28 heavy (non-hydrogen) atoms. The SMILES string of the molecule is c1cc(-c2nnn3ccccc23)nc(-c2nnn3c2ccc2ccccc23)c1. The van der Waals surface area contributed by atoms with E-state index in [4.69, 9.17) is 4.98 Å². The molecule has 0 atom stereocenters. The second-order valence-electron chi connectivity index (χ2n) is 6.50. The number of aromatic nitrogens is 7. The summed E-state index contributed by atoms with van der Waals surface area (Å²) < 4.78 is 3.59. The maximum Gasteiger partial charge on any atom is 0.139 e. The van der Waals surface area contributed by atoms with Gasteiger partial charge in [0.2, 0.25) is 0 Å². The van der Waals surface area contributed by atoms with Gasteiger partial charge in [-0.2, -0.15) is 0 Å². The van der Waals surface area contributed by atoms with E-state index in [1.807, 2.05) is 71.4 Å². The summed E-state index contributed by atoms with van der Waals surface area (Å²) in [4.78, 5) is 4.81. The van der Waals surface area contributed by atoms with Crippen LogP contribution in [0.3, 0.4) is 0 Å². The van der Waals surface area contributed by atoms with Crippen LogP contribution in [0.1, 0.15) is 0 Å². The number of pyridine rings is 3. The minimum Gasteiger partial charge on any atom is -0.244 e. The molecular weight excluding hydrogens is 350 g/mol. The van der Waals surface area contributed by atoms with Gasteiger partial charge in [0.1, 0.15) is 11.4 Å². The molecule has 0 N–H and O–H groups in total. The summed E-state index contributed by atoms with van der Waals surface area (Å²) >= 11 is 0. The summed E-state index contributed by atoms with van der Waals surface area (Å²) in [6.45, 7) is 0. The molecule has 0 aliphatic carbocycles. The molecule has 6 aromatic rings. The molecule has 5 heterocycles. The molecule has 7 heteroatoms. The van der Waals surface area contributed by atoms with Crippen molar-refractivity contribution in [3.63, 3.8) is 0 Å². The molecular formula is C21H13N7. The van der Waals surface area contributed by atoms with Crippen LogP contribution in [0.25, 0.3) is 44.7 Å². The van der Waals surface area contributed by atoms with Crippen LogP contribution in [-0.2, 0) is 0 Å². The fourth-order valence-corrected chi connectivity index (χ4v) is 3.51. The van der Waals surface area contributed by atoms with Crippen LogP contribution in [0.5, 0.6) is 0 Å². The molecule has 0 amide bonds. The van der Waals surface area contributed by atoms with Gasteiger partial charge in [-0.15, -0.1) is 10.2 Å². The van der Waals surface area contributed by atoms with Crippen LogP contribution in [0.4, 0.5) is 0 Å². The van der Waals surface area contributed by atoms with Gasteiger partial charge in [-0.3, -0.25) is 0 Å². The average Bonchev–Trinajstić information content (AvgIpc) is 3.38. The highest BCUT2D eigenvalue weighted by Crippen LogP contribution is 2.27. The van der Waals surface area contributed by atoms with E-state index in [2.05, 4.69) is 32.8 Å². The van der Waals surface area contributed by atoms with Crippen LogP contribution in [0.2, 0.25) is 0 Å². The molecule has 0 aliphatic heterocycles. The fourth-order valence-electron chi connectivity index (χ4n) is 3.51. The first-order valence-electron chi connectivity index (χ1n) is 8.89. The van der Waals surface area contributed by atoms with Gasteiger partial charge in [-0.05, 0) is 36.4 Å². The zero-order chi connectivity index (χ0) is 18.5. The van der Waals surface area contributed by atoms with Gasteiger partial charge < -0.3 is 0 Å². The third kappa shape index (κ3) is 2.13. The number of fused-ring (bicyclic) bond motifs is 4. The first-order chi connectivity index (χ1) is 13.9. The topological polar surface area (TPSA) is 73.3 Å². The Morgan fingerprint density at radius 2 is 1.32 bits per heavy atom. The molecule has 0 bridgehead atoms. The molecule has 0 saturated heterocycles. The smallest absolute Gasteiger partial charge is 0.139 e. The van der Waals surface area contributed by atoms with Crippen LogP contribution in [0.15, 0.2) is 79.0 Å². The molecule has 1 aromatic carbocycles. The Hall–Kier alpha value is -4.13. The predicted molar refractivity (Wildman–Crippen MR) is 106 cm³/mol. The minimum atomic E-state index is 0.740. The number of benzene rings is 1. The summed E-state index contributed by atoms with van der Waals surface area (Å²) in [5, 5.41) is 18.4. The van der Waals surface area contributed by atoms with Gasteiger partial charge >= 0.3 is 0 Å². The van der Waals surface area contributed by atoms with E-state index in [0.717, 1.165) is 44.7 Å². The fraction of sp³-hybridized carbons (Fsp3) is 0. The number of rotatable bonds is 2. The van der Waals surface area contributed by atoms with Crippen molar-refractivity contribution < 1.29 is 0 Å². The monoisotopic (exact) mass is 363 g/mol. The quantitative estimate of drug-likeness (QED) is 0.469. The normalized spacial score (nSPS) is 11.6. The zero-order valence-corrected chi connectivity index (χ0v) is 14.6. The lowest BCUT2D eigenvalue weighted by molar-refractivity contribution is 0.856. The second kappa shape index (κ2) is 5.68. The highest BCUT2D eigenvalue weighted by atomic mass is 15.4. The molecule has 0 saturated carbocycles. The van der Waals surface area contributed by atoms with E-state index in [0.29, 0.717) is 0 Å².